The highest BCUT2D eigenvalue weighted by Crippen LogP contribution is 2.41. The van der Waals surface area contributed by atoms with Crippen molar-refractivity contribution in [1.29, 1.82) is 0 Å². The number of hydrogen-bond donors (Lipinski definition) is 0. The van der Waals surface area contributed by atoms with E-state index in [2.05, 4.69) is 10.1 Å². The van der Waals surface area contributed by atoms with E-state index in [1.807, 2.05) is 0 Å². The van der Waals surface area contributed by atoms with Gasteiger partial charge in [-0.2, -0.15) is 9.78 Å². The first-order valence-corrected chi connectivity index (χ1v) is 10.8. The molecule has 3 aromatic rings. The van der Waals surface area contributed by atoms with Crippen LogP contribution in [0, 0.1) is 0 Å². The zero-order chi connectivity index (χ0) is 20.7. The Bertz CT molecular complexity index is 1180. The van der Waals surface area contributed by atoms with Crippen molar-refractivity contribution in [3.05, 3.63) is 69.7 Å². The Morgan fingerprint density at radius 2 is 1.97 bits per heavy atom. The molecular formula is C21H17ClN4O3S. The lowest BCUT2D eigenvalue weighted by molar-refractivity contribution is -0.0429. The van der Waals surface area contributed by atoms with E-state index in [0.717, 1.165) is 19.3 Å². The third-order valence-electron chi connectivity index (χ3n) is 5.10. The van der Waals surface area contributed by atoms with Gasteiger partial charge in [-0.05, 0) is 55.7 Å². The normalized spacial score (nSPS) is 18.5. The van der Waals surface area contributed by atoms with Crippen LogP contribution in [0.15, 0.2) is 63.5 Å². The molecular weight excluding hydrogens is 424 g/mol. The molecule has 1 unspecified atom stereocenters. The summed E-state index contributed by atoms with van der Waals surface area (Å²) in [6.45, 7) is 0.600. The molecule has 1 amide bonds. The lowest BCUT2D eigenvalue weighted by Gasteiger charge is -2.26. The molecule has 0 radical (unpaired) electrons. The van der Waals surface area contributed by atoms with Crippen LogP contribution in [0.4, 0.5) is 11.4 Å². The van der Waals surface area contributed by atoms with Crippen molar-refractivity contribution in [3.63, 3.8) is 0 Å². The van der Waals surface area contributed by atoms with E-state index < -0.39 is 6.23 Å². The molecule has 1 aromatic carbocycles. The van der Waals surface area contributed by atoms with Crippen molar-refractivity contribution >= 4 is 40.6 Å². The van der Waals surface area contributed by atoms with Gasteiger partial charge in [0.05, 0.1) is 17.4 Å². The van der Waals surface area contributed by atoms with E-state index in [9.17, 15) is 9.59 Å². The Morgan fingerprint density at radius 1 is 1.13 bits per heavy atom. The molecule has 5 rings (SSSR count). The van der Waals surface area contributed by atoms with Crippen LogP contribution in [-0.4, -0.2) is 27.3 Å². The Hall–Kier alpha value is -2.68. The number of amides is 1. The first-order valence-electron chi connectivity index (χ1n) is 9.60. The van der Waals surface area contributed by atoms with Crippen LogP contribution in [0.2, 0.25) is 5.02 Å². The minimum Gasteiger partial charge on any atom is -0.356 e. The number of ether oxygens (including phenoxy) is 1. The molecule has 2 aliphatic heterocycles. The molecule has 152 valence electrons. The quantitative estimate of drug-likeness (QED) is 0.586. The summed E-state index contributed by atoms with van der Waals surface area (Å²) in [7, 11) is 0. The van der Waals surface area contributed by atoms with Crippen LogP contribution in [0.3, 0.4) is 0 Å². The molecule has 1 atom stereocenters. The van der Waals surface area contributed by atoms with Crippen LogP contribution in [0.1, 0.15) is 35.8 Å². The average molecular weight is 441 g/mol. The molecule has 7 nitrogen and oxygen atoms in total. The molecule has 0 spiro atoms. The lowest BCUT2D eigenvalue weighted by Crippen LogP contribution is -2.34. The van der Waals surface area contributed by atoms with E-state index in [4.69, 9.17) is 16.3 Å². The second-order valence-corrected chi connectivity index (χ2v) is 8.44. The van der Waals surface area contributed by atoms with E-state index >= 15 is 0 Å². The Balaban J connectivity index is 1.71. The number of carbonyl (C=O) groups excluding carboxylic acids is 1. The van der Waals surface area contributed by atoms with Gasteiger partial charge in [0, 0.05) is 23.5 Å². The summed E-state index contributed by atoms with van der Waals surface area (Å²) < 4.78 is 7.14. The molecule has 4 heterocycles. The van der Waals surface area contributed by atoms with Crippen molar-refractivity contribution in [3.8, 4) is 0 Å². The minimum absolute atomic E-state index is 0.278. The Labute approximate surface area is 181 Å². The zero-order valence-electron chi connectivity index (χ0n) is 15.8. The smallest absolute Gasteiger partial charge is 0.285 e. The SMILES string of the molecule is O=C1c2cccnc2Sc2c(cnn(C3CCCCO3)c2=O)N1c1ccc(Cl)cc1. The number of nitrogens with zero attached hydrogens (tertiary/aromatic N) is 4. The van der Waals surface area contributed by atoms with Gasteiger partial charge >= 0.3 is 0 Å². The topological polar surface area (TPSA) is 77.3 Å². The number of aromatic nitrogens is 3. The van der Waals surface area contributed by atoms with Crippen LogP contribution < -0.4 is 10.5 Å². The van der Waals surface area contributed by atoms with Crippen molar-refractivity contribution in [2.75, 3.05) is 11.5 Å². The molecule has 0 bridgehead atoms. The molecule has 0 aliphatic carbocycles. The maximum absolute atomic E-state index is 13.5. The fraction of sp³-hybridized carbons (Fsp3) is 0.238. The van der Waals surface area contributed by atoms with Crippen LogP contribution in [0.25, 0.3) is 0 Å². The third-order valence-corrected chi connectivity index (χ3v) is 6.46. The summed E-state index contributed by atoms with van der Waals surface area (Å²) in [5, 5.41) is 5.41. The largest absolute Gasteiger partial charge is 0.356 e. The number of carbonyl (C=O) groups is 1. The van der Waals surface area contributed by atoms with Crippen LogP contribution >= 0.6 is 23.4 Å². The third kappa shape index (κ3) is 3.30. The number of hydrogen-bond acceptors (Lipinski definition) is 6. The number of halogens is 1. The first-order chi connectivity index (χ1) is 14.6. The number of rotatable bonds is 2. The van der Waals surface area contributed by atoms with Crippen molar-refractivity contribution in [2.45, 2.75) is 35.4 Å². The Morgan fingerprint density at radius 3 is 2.73 bits per heavy atom. The van der Waals surface area contributed by atoms with Crippen molar-refractivity contribution < 1.29 is 9.53 Å². The first kappa shape index (κ1) is 19.3. The van der Waals surface area contributed by atoms with E-state index in [-0.39, 0.29) is 11.5 Å². The number of fused-ring (bicyclic) bond motifs is 2. The molecule has 30 heavy (non-hydrogen) atoms. The lowest BCUT2D eigenvalue weighted by atomic mass is 10.2. The molecule has 2 aromatic heterocycles. The number of pyridine rings is 1. The number of benzene rings is 1. The monoisotopic (exact) mass is 440 g/mol. The molecule has 0 N–H and O–H groups in total. The molecule has 9 heteroatoms. The fourth-order valence-electron chi connectivity index (χ4n) is 3.63. The predicted molar refractivity (Wildman–Crippen MR) is 114 cm³/mol. The summed E-state index contributed by atoms with van der Waals surface area (Å²) in [6, 6.07) is 10.3. The summed E-state index contributed by atoms with van der Waals surface area (Å²) >= 11 is 7.22. The summed E-state index contributed by atoms with van der Waals surface area (Å²) in [5.41, 5.74) is 1.14. The summed E-state index contributed by atoms with van der Waals surface area (Å²) in [4.78, 5) is 33.1. The minimum atomic E-state index is -0.400. The summed E-state index contributed by atoms with van der Waals surface area (Å²) in [6.07, 6.45) is 5.44. The highest BCUT2D eigenvalue weighted by molar-refractivity contribution is 7.99. The highest BCUT2D eigenvalue weighted by Gasteiger charge is 2.33. The predicted octanol–water partition coefficient (Wildman–Crippen LogP) is 4.43. The second kappa shape index (κ2) is 7.86. The van der Waals surface area contributed by atoms with Gasteiger partial charge in [-0.3, -0.25) is 14.5 Å². The van der Waals surface area contributed by atoms with Gasteiger partial charge in [0.25, 0.3) is 11.5 Å². The number of anilines is 2. The highest BCUT2D eigenvalue weighted by atomic mass is 35.5. The van der Waals surface area contributed by atoms with Crippen LogP contribution in [0.5, 0.6) is 0 Å². The molecule has 1 saturated heterocycles. The van der Waals surface area contributed by atoms with Gasteiger partial charge in [0.15, 0.2) is 6.23 Å². The van der Waals surface area contributed by atoms with Gasteiger partial charge in [0.1, 0.15) is 9.92 Å². The second-order valence-electron chi connectivity index (χ2n) is 7.01. The van der Waals surface area contributed by atoms with Gasteiger partial charge < -0.3 is 4.74 Å². The standard InChI is InChI=1S/C21H17ClN4O3S/c22-13-6-8-14(9-7-13)25-16-12-24-26(17-5-1-2-11-29-17)21(28)18(16)30-19-15(20(25)27)4-3-10-23-19/h3-4,6-10,12,17H,1-2,5,11H2. The maximum atomic E-state index is 13.5. The van der Waals surface area contributed by atoms with E-state index in [1.165, 1.54) is 21.3 Å². The van der Waals surface area contributed by atoms with Crippen LogP contribution in [-0.2, 0) is 4.74 Å². The van der Waals surface area contributed by atoms with Gasteiger partial charge in [-0.15, -0.1) is 0 Å². The van der Waals surface area contributed by atoms with E-state index in [1.54, 1.807) is 48.8 Å². The summed E-state index contributed by atoms with van der Waals surface area (Å²) in [5.74, 6) is -0.278. The van der Waals surface area contributed by atoms with E-state index in [0.29, 0.717) is 38.5 Å². The zero-order valence-corrected chi connectivity index (χ0v) is 17.4. The molecule has 1 fully saturated rings. The Kier molecular flexibility index (Phi) is 5.06. The van der Waals surface area contributed by atoms with Gasteiger partial charge in [-0.25, -0.2) is 4.98 Å². The maximum Gasteiger partial charge on any atom is 0.285 e. The van der Waals surface area contributed by atoms with Crippen molar-refractivity contribution in [2.24, 2.45) is 0 Å². The van der Waals surface area contributed by atoms with Gasteiger partial charge in [0.2, 0.25) is 0 Å². The average Bonchev–Trinajstić information content (AvgIpc) is 2.90. The fourth-order valence-corrected chi connectivity index (χ4v) is 4.75. The molecule has 2 aliphatic rings. The van der Waals surface area contributed by atoms with Gasteiger partial charge in [-0.1, -0.05) is 23.4 Å². The van der Waals surface area contributed by atoms with Crippen molar-refractivity contribution in [1.82, 2.24) is 14.8 Å². The molecule has 0 saturated carbocycles.